The van der Waals surface area contributed by atoms with Gasteiger partial charge in [-0.15, -0.1) is 0 Å². The predicted octanol–water partition coefficient (Wildman–Crippen LogP) is 2.04. The molecule has 1 saturated heterocycles. The van der Waals surface area contributed by atoms with Crippen LogP contribution in [0.3, 0.4) is 0 Å². The molecule has 2 rings (SSSR count). The number of carboxylic acid groups (broad SMARTS) is 1. The molecule has 1 heterocycles. The molecule has 0 aromatic heterocycles. The van der Waals surface area contributed by atoms with Gasteiger partial charge >= 0.3 is 5.97 Å². The number of unbranched alkanes of at least 4 members (excludes halogenated alkanes) is 1. The van der Waals surface area contributed by atoms with Gasteiger partial charge in [0, 0.05) is 13.1 Å². The largest absolute Gasteiger partial charge is 0.493 e. The molecule has 0 spiro atoms. The molecule has 6 nitrogen and oxygen atoms in total. The zero-order valence-electron chi connectivity index (χ0n) is 13.4. The lowest BCUT2D eigenvalue weighted by molar-refractivity contribution is -0.143. The van der Waals surface area contributed by atoms with Crippen molar-refractivity contribution in [3.05, 3.63) is 29.8 Å². The van der Waals surface area contributed by atoms with E-state index in [1.165, 1.54) is 4.90 Å². The molecule has 1 aromatic rings. The third kappa shape index (κ3) is 4.69. The molecule has 0 radical (unpaired) electrons. The van der Waals surface area contributed by atoms with Crippen LogP contribution in [0.4, 0.5) is 0 Å². The van der Waals surface area contributed by atoms with E-state index in [2.05, 4.69) is 6.92 Å². The average Bonchev–Trinajstić information content (AvgIpc) is 2.81. The van der Waals surface area contributed by atoms with Crippen LogP contribution in [0.2, 0.25) is 0 Å². The van der Waals surface area contributed by atoms with Crippen LogP contribution >= 0.6 is 0 Å². The Kier molecular flexibility index (Phi) is 6.40. The first-order valence-corrected chi connectivity index (χ1v) is 7.95. The van der Waals surface area contributed by atoms with Gasteiger partial charge in [-0.2, -0.15) is 0 Å². The quantitative estimate of drug-likeness (QED) is 0.812. The molecule has 1 fully saturated rings. The number of carbonyl (C=O) groups is 2. The molecule has 1 atom stereocenters. The summed E-state index contributed by atoms with van der Waals surface area (Å²) in [4.78, 5) is 25.5. The summed E-state index contributed by atoms with van der Waals surface area (Å²) in [5.74, 6) is -1.32. The van der Waals surface area contributed by atoms with E-state index < -0.39 is 11.9 Å². The second kappa shape index (κ2) is 8.53. The number of rotatable bonds is 6. The Morgan fingerprint density at radius 1 is 1.39 bits per heavy atom. The topological polar surface area (TPSA) is 76.1 Å². The average molecular weight is 321 g/mol. The first kappa shape index (κ1) is 17.3. The van der Waals surface area contributed by atoms with Crippen molar-refractivity contribution >= 4 is 11.9 Å². The normalized spacial score (nSPS) is 18.3. The maximum Gasteiger partial charge on any atom is 0.310 e. The van der Waals surface area contributed by atoms with Crippen LogP contribution in [-0.4, -0.2) is 54.8 Å². The van der Waals surface area contributed by atoms with Crippen LogP contribution in [0.15, 0.2) is 24.3 Å². The number of ether oxygens (including phenoxy) is 2. The van der Waals surface area contributed by atoms with Gasteiger partial charge in [0.25, 0.3) is 5.91 Å². The van der Waals surface area contributed by atoms with Crippen molar-refractivity contribution in [2.75, 3.05) is 32.9 Å². The second-order valence-electron chi connectivity index (χ2n) is 5.56. The Labute approximate surface area is 136 Å². The fourth-order valence-electron chi connectivity index (χ4n) is 2.41. The highest BCUT2D eigenvalue weighted by Crippen LogP contribution is 2.21. The molecule has 1 N–H and O–H groups in total. The highest BCUT2D eigenvalue weighted by atomic mass is 16.5. The summed E-state index contributed by atoms with van der Waals surface area (Å²) in [6.07, 6.45) is 1.93. The Morgan fingerprint density at radius 2 is 2.17 bits per heavy atom. The summed E-state index contributed by atoms with van der Waals surface area (Å²) in [5, 5.41) is 9.19. The van der Waals surface area contributed by atoms with Crippen molar-refractivity contribution in [2.45, 2.75) is 19.8 Å². The fraction of sp³-hybridized carbons (Fsp3) is 0.529. The monoisotopic (exact) mass is 321 g/mol. The van der Waals surface area contributed by atoms with Crippen molar-refractivity contribution in [1.82, 2.24) is 4.90 Å². The highest BCUT2D eigenvalue weighted by Gasteiger charge is 2.28. The van der Waals surface area contributed by atoms with E-state index in [1.54, 1.807) is 18.2 Å². The van der Waals surface area contributed by atoms with E-state index in [1.807, 2.05) is 6.07 Å². The van der Waals surface area contributed by atoms with Gasteiger partial charge < -0.3 is 19.5 Å². The smallest absolute Gasteiger partial charge is 0.310 e. The maximum atomic E-state index is 12.8. The first-order valence-electron chi connectivity index (χ1n) is 7.95. The number of aliphatic carboxylic acids is 1. The van der Waals surface area contributed by atoms with Crippen LogP contribution < -0.4 is 4.74 Å². The molecule has 1 amide bonds. The van der Waals surface area contributed by atoms with E-state index in [-0.39, 0.29) is 19.1 Å². The van der Waals surface area contributed by atoms with Gasteiger partial charge in [0.15, 0.2) is 0 Å². The van der Waals surface area contributed by atoms with Crippen molar-refractivity contribution in [2.24, 2.45) is 5.92 Å². The minimum absolute atomic E-state index is 0.133. The van der Waals surface area contributed by atoms with Crippen LogP contribution in [-0.2, 0) is 9.53 Å². The molecule has 6 heteroatoms. The molecule has 126 valence electrons. The number of hydrogen-bond donors (Lipinski definition) is 1. The molecule has 1 aliphatic heterocycles. The summed E-state index contributed by atoms with van der Waals surface area (Å²) in [6, 6.07) is 7.09. The summed E-state index contributed by atoms with van der Waals surface area (Å²) in [5.41, 5.74) is 0.467. The lowest BCUT2D eigenvalue weighted by Crippen LogP contribution is -2.38. The van der Waals surface area contributed by atoms with Gasteiger partial charge in [-0.05, 0) is 18.6 Å². The van der Waals surface area contributed by atoms with E-state index in [9.17, 15) is 14.7 Å². The lowest BCUT2D eigenvalue weighted by Gasteiger charge is -2.23. The highest BCUT2D eigenvalue weighted by molar-refractivity contribution is 5.97. The Balaban J connectivity index is 2.13. The summed E-state index contributed by atoms with van der Waals surface area (Å²) in [7, 11) is 0. The van der Waals surface area contributed by atoms with Crippen molar-refractivity contribution in [1.29, 1.82) is 0 Å². The van der Waals surface area contributed by atoms with Gasteiger partial charge in [-0.25, -0.2) is 0 Å². The molecular formula is C17H23NO5. The second-order valence-corrected chi connectivity index (χ2v) is 5.56. The minimum Gasteiger partial charge on any atom is -0.493 e. The molecule has 23 heavy (non-hydrogen) atoms. The number of hydrogen-bond acceptors (Lipinski definition) is 4. The molecular weight excluding hydrogens is 298 g/mol. The summed E-state index contributed by atoms with van der Waals surface area (Å²) < 4.78 is 11.0. The number of benzene rings is 1. The number of carbonyl (C=O) groups excluding carboxylic acids is 1. The van der Waals surface area contributed by atoms with Crippen molar-refractivity contribution in [3.8, 4) is 5.75 Å². The molecule has 0 bridgehead atoms. The number of para-hydroxylation sites is 1. The molecule has 1 aromatic carbocycles. The van der Waals surface area contributed by atoms with Gasteiger partial charge in [0.05, 0.1) is 31.3 Å². The van der Waals surface area contributed by atoms with Gasteiger partial charge in [-0.1, -0.05) is 25.5 Å². The van der Waals surface area contributed by atoms with Gasteiger partial charge in [0.1, 0.15) is 5.75 Å². The Morgan fingerprint density at radius 3 is 2.91 bits per heavy atom. The zero-order valence-corrected chi connectivity index (χ0v) is 13.4. The molecule has 1 unspecified atom stereocenters. The Hall–Kier alpha value is -2.08. The number of carboxylic acids is 1. The van der Waals surface area contributed by atoms with Crippen LogP contribution in [0.25, 0.3) is 0 Å². The first-order chi connectivity index (χ1) is 11.1. The summed E-state index contributed by atoms with van der Waals surface area (Å²) >= 11 is 0. The van der Waals surface area contributed by atoms with Crippen LogP contribution in [0.5, 0.6) is 5.75 Å². The molecule has 0 aliphatic carbocycles. The third-order valence-electron chi connectivity index (χ3n) is 3.77. The van der Waals surface area contributed by atoms with Crippen molar-refractivity contribution in [3.63, 3.8) is 0 Å². The van der Waals surface area contributed by atoms with Crippen LogP contribution in [0, 0.1) is 5.92 Å². The van der Waals surface area contributed by atoms with Gasteiger partial charge in [-0.3, -0.25) is 9.59 Å². The number of amides is 1. The minimum atomic E-state index is -0.947. The fourth-order valence-corrected chi connectivity index (χ4v) is 2.41. The SMILES string of the molecule is CCCCOc1ccccc1C(=O)N1CCOCC(C(=O)O)C1. The Bertz CT molecular complexity index is 546. The third-order valence-corrected chi connectivity index (χ3v) is 3.77. The molecule has 1 aliphatic rings. The van der Waals surface area contributed by atoms with E-state index in [0.29, 0.717) is 31.1 Å². The van der Waals surface area contributed by atoms with E-state index in [0.717, 1.165) is 12.8 Å². The summed E-state index contributed by atoms with van der Waals surface area (Å²) in [6.45, 7) is 3.64. The predicted molar refractivity (Wildman–Crippen MR) is 84.7 cm³/mol. The van der Waals surface area contributed by atoms with Crippen LogP contribution in [0.1, 0.15) is 30.1 Å². The maximum absolute atomic E-state index is 12.8. The van der Waals surface area contributed by atoms with Gasteiger partial charge in [0.2, 0.25) is 0 Å². The van der Waals surface area contributed by atoms with E-state index in [4.69, 9.17) is 9.47 Å². The van der Waals surface area contributed by atoms with E-state index >= 15 is 0 Å². The van der Waals surface area contributed by atoms with Crippen molar-refractivity contribution < 1.29 is 24.2 Å². The zero-order chi connectivity index (χ0) is 16.7. The number of nitrogens with zero attached hydrogens (tertiary/aromatic N) is 1. The molecule has 0 saturated carbocycles. The standard InChI is InChI=1S/C17H23NO5/c1-2-3-9-23-15-7-5-4-6-14(15)16(19)18-8-10-22-12-13(11-18)17(20)21/h4-7,13H,2-3,8-12H2,1H3,(H,20,21). The lowest BCUT2D eigenvalue weighted by atomic mass is 10.1.